The minimum Gasteiger partial charge on any atom is -0.346 e. The molecule has 1 amide bonds. The maximum Gasteiger partial charge on any atom is 0.254 e. The van der Waals surface area contributed by atoms with Gasteiger partial charge in [-0.2, -0.15) is 5.26 Å². The predicted molar refractivity (Wildman–Crippen MR) is 90.1 cm³/mol. The van der Waals surface area contributed by atoms with Crippen LogP contribution >= 0.6 is 0 Å². The Balaban J connectivity index is 1.66. The van der Waals surface area contributed by atoms with E-state index in [0.717, 1.165) is 11.3 Å². The Kier molecular flexibility index (Phi) is 4.86. The van der Waals surface area contributed by atoms with E-state index in [1.54, 1.807) is 36.8 Å². The lowest BCUT2D eigenvalue weighted by molar-refractivity contribution is 0.0946. The topological polar surface area (TPSA) is 70.7 Å². The molecule has 3 aromatic rings. The van der Waals surface area contributed by atoms with Crippen molar-refractivity contribution in [1.82, 2.24) is 14.9 Å². The average molecular weight is 334 g/mol. The third kappa shape index (κ3) is 3.90. The highest BCUT2D eigenvalue weighted by atomic mass is 19.1. The molecule has 0 saturated heterocycles. The summed E-state index contributed by atoms with van der Waals surface area (Å²) in [6.45, 7) is 0.806. The maximum atomic E-state index is 13.6. The second kappa shape index (κ2) is 7.41. The number of amides is 1. The second-order valence-electron chi connectivity index (χ2n) is 5.48. The zero-order chi connectivity index (χ0) is 17.6. The molecule has 25 heavy (non-hydrogen) atoms. The maximum absolute atomic E-state index is 13.6. The third-order valence-electron chi connectivity index (χ3n) is 3.78. The molecular weight excluding hydrogens is 319 g/mol. The molecule has 0 aliphatic rings. The van der Waals surface area contributed by atoms with Gasteiger partial charge in [0.05, 0.1) is 35.8 Å². The van der Waals surface area contributed by atoms with Crippen molar-refractivity contribution in [2.24, 2.45) is 0 Å². The predicted octanol–water partition coefficient (Wildman–Crippen LogP) is 2.87. The van der Waals surface area contributed by atoms with Gasteiger partial charge in [0.15, 0.2) is 0 Å². The number of benzene rings is 2. The van der Waals surface area contributed by atoms with Gasteiger partial charge in [-0.25, -0.2) is 9.37 Å². The summed E-state index contributed by atoms with van der Waals surface area (Å²) < 4.78 is 15.5. The molecule has 3 rings (SSSR count). The van der Waals surface area contributed by atoms with Gasteiger partial charge in [0.25, 0.3) is 5.91 Å². The number of nitriles is 1. The zero-order valence-electron chi connectivity index (χ0n) is 13.3. The number of carbonyl (C=O) groups excluding carboxylic acids is 1. The molecule has 0 saturated carbocycles. The van der Waals surface area contributed by atoms with Crippen LogP contribution in [-0.2, 0) is 13.1 Å². The van der Waals surface area contributed by atoms with Crippen LogP contribution < -0.4 is 5.32 Å². The van der Waals surface area contributed by atoms with Crippen LogP contribution in [0.3, 0.4) is 0 Å². The number of rotatable bonds is 5. The summed E-state index contributed by atoms with van der Waals surface area (Å²) >= 11 is 0. The van der Waals surface area contributed by atoms with Crippen LogP contribution in [0.15, 0.2) is 61.1 Å². The minimum absolute atomic E-state index is 0.0145. The number of imidazole rings is 1. The van der Waals surface area contributed by atoms with Crippen LogP contribution in [0.5, 0.6) is 0 Å². The zero-order valence-corrected chi connectivity index (χ0v) is 13.3. The van der Waals surface area contributed by atoms with Gasteiger partial charge < -0.3 is 9.88 Å². The molecule has 2 aromatic carbocycles. The fourth-order valence-electron chi connectivity index (χ4n) is 2.43. The van der Waals surface area contributed by atoms with E-state index in [1.165, 1.54) is 12.1 Å². The number of nitrogens with one attached hydrogen (secondary N) is 1. The van der Waals surface area contributed by atoms with Gasteiger partial charge in [-0.15, -0.1) is 0 Å². The van der Waals surface area contributed by atoms with Crippen molar-refractivity contribution in [2.75, 3.05) is 0 Å². The standard InChI is InChI=1S/C19H15FN4O/c20-18-4-2-1-3-17(18)19(25)23-11-16-10-22-13-24(16)12-15-7-5-14(9-21)6-8-15/h1-8,10,13H,11-12H2,(H,23,25). The third-order valence-corrected chi connectivity index (χ3v) is 3.78. The smallest absolute Gasteiger partial charge is 0.254 e. The number of nitrogens with zero attached hydrogens (tertiary/aromatic N) is 3. The van der Waals surface area contributed by atoms with Gasteiger partial charge in [0, 0.05) is 12.7 Å². The van der Waals surface area contributed by atoms with Crippen molar-refractivity contribution in [1.29, 1.82) is 5.26 Å². The first-order valence-corrected chi connectivity index (χ1v) is 7.68. The lowest BCUT2D eigenvalue weighted by Gasteiger charge is -2.10. The molecule has 124 valence electrons. The van der Waals surface area contributed by atoms with Crippen molar-refractivity contribution in [2.45, 2.75) is 13.1 Å². The second-order valence-corrected chi connectivity index (χ2v) is 5.48. The van der Waals surface area contributed by atoms with Crippen LogP contribution in [0, 0.1) is 17.1 Å². The van der Waals surface area contributed by atoms with Gasteiger partial charge >= 0.3 is 0 Å². The molecule has 6 heteroatoms. The van der Waals surface area contributed by atoms with E-state index in [2.05, 4.69) is 16.4 Å². The quantitative estimate of drug-likeness (QED) is 0.780. The molecule has 0 unspecified atom stereocenters. The molecule has 0 spiro atoms. The van der Waals surface area contributed by atoms with E-state index in [-0.39, 0.29) is 12.1 Å². The van der Waals surface area contributed by atoms with Gasteiger partial charge in [0.2, 0.25) is 0 Å². The number of halogens is 1. The molecule has 1 N–H and O–H groups in total. The SMILES string of the molecule is N#Cc1ccc(Cn2cncc2CNC(=O)c2ccccc2F)cc1. The molecule has 1 aromatic heterocycles. The summed E-state index contributed by atoms with van der Waals surface area (Å²) in [5.41, 5.74) is 2.43. The van der Waals surface area contributed by atoms with Crippen LogP contribution in [0.1, 0.15) is 27.2 Å². The number of carbonyl (C=O) groups is 1. The Morgan fingerprint density at radius 2 is 1.96 bits per heavy atom. The van der Waals surface area contributed by atoms with E-state index in [1.807, 2.05) is 16.7 Å². The minimum atomic E-state index is -0.550. The molecule has 0 fully saturated rings. The van der Waals surface area contributed by atoms with Gasteiger partial charge in [0.1, 0.15) is 5.82 Å². The molecule has 0 atom stereocenters. The van der Waals surface area contributed by atoms with Crippen molar-refractivity contribution in [3.63, 3.8) is 0 Å². The lowest BCUT2D eigenvalue weighted by Crippen LogP contribution is -2.25. The Hall–Kier alpha value is -3.46. The van der Waals surface area contributed by atoms with E-state index >= 15 is 0 Å². The Morgan fingerprint density at radius 3 is 2.68 bits per heavy atom. The van der Waals surface area contributed by atoms with Crippen LogP contribution in [0.25, 0.3) is 0 Å². The van der Waals surface area contributed by atoms with Crippen molar-refractivity contribution >= 4 is 5.91 Å². The molecule has 0 radical (unpaired) electrons. The summed E-state index contributed by atoms with van der Waals surface area (Å²) in [4.78, 5) is 16.2. The Bertz CT molecular complexity index is 925. The van der Waals surface area contributed by atoms with Gasteiger partial charge in [-0.05, 0) is 29.8 Å². The number of hydrogen-bond donors (Lipinski definition) is 1. The summed E-state index contributed by atoms with van der Waals surface area (Å²) in [6, 6.07) is 15.2. The van der Waals surface area contributed by atoms with Crippen LogP contribution in [-0.4, -0.2) is 15.5 Å². The number of hydrogen-bond acceptors (Lipinski definition) is 3. The highest BCUT2D eigenvalue weighted by Crippen LogP contribution is 2.09. The number of aromatic nitrogens is 2. The fourth-order valence-corrected chi connectivity index (χ4v) is 2.43. The summed E-state index contributed by atoms with van der Waals surface area (Å²) in [6.07, 6.45) is 3.33. The van der Waals surface area contributed by atoms with E-state index < -0.39 is 11.7 Å². The molecule has 0 aliphatic heterocycles. The first-order chi connectivity index (χ1) is 12.2. The molecule has 1 heterocycles. The average Bonchev–Trinajstić information content (AvgIpc) is 3.08. The fraction of sp³-hybridized carbons (Fsp3) is 0.105. The Labute approximate surface area is 144 Å². The van der Waals surface area contributed by atoms with Crippen LogP contribution in [0.2, 0.25) is 0 Å². The van der Waals surface area contributed by atoms with E-state index in [9.17, 15) is 9.18 Å². The summed E-state index contributed by atoms with van der Waals surface area (Å²) in [7, 11) is 0. The highest BCUT2D eigenvalue weighted by molar-refractivity contribution is 5.94. The van der Waals surface area contributed by atoms with E-state index in [4.69, 9.17) is 5.26 Å². The first kappa shape index (κ1) is 16.4. The molecule has 5 nitrogen and oxygen atoms in total. The largest absolute Gasteiger partial charge is 0.346 e. The highest BCUT2D eigenvalue weighted by Gasteiger charge is 2.11. The Morgan fingerprint density at radius 1 is 1.20 bits per heavy atom. The van der Waals surface area contributed by atoms with Crippen molar-refractivity contribution in [3.05, 3.63) is 89.3 Å². The summed E-state index contributed by atoms with van der Waals surface area (Å²) in [5.74, 6) is -1.02. The first-order valence-electron chi connectivity index (χ1n) is 7.68. The van der Waals surface area contributed by atoms with Gasteiger partial charge in [-0.3, -0.25) is 4.79 Å². The van der Waals surface area contributed by atoms with E-state index in [0.29, 0.717) is 12.1 Å². The molecule has 0 aliphatic carbocycles. The van der Waals surface area contributed by atoms with Crippen molar-refractivity contribution in [3.8, 4) is 6.07 Å². The van der Waals surface area contributed by atoms with Crippen molar-refractivity contribution < 1.29 is 9.18 Å². The van der Waals surface area contributed by atoms with Crippen LogP contribution in [0.4, 0.5) is 4.39 Å². The summed E-state index contributed by atoms with van der Waals surface area (Å²) in [5, 5.41) is 11.5. The monoisotopic (exact) mass is 334 g/mol. The normalized spacial score (nSPS) is 10.2. The van der Waals surface area contributed by atoms with Gasteiger partial charge in [-0.1, -0.05) is 24.3 Å². The lowest BCUT2D eigenvalue weighted by atomic mass is 10.1. The molecule has 0 bridgehead atoms. The molecular formula is C19H15FN4O.